The quantitative estimate of drug-likeness (QED) is 0.479. The summed E-state index contributed by atoms with van der Waals surface area (Å²) in [5, 5.41) is 1.56. The molecular formula is C8H14SiZr-2. The van der Waals surface area contributed by atoms with Crippen molar-refractivity contribution in [2.24, 2.45) is 0 Å². The van der Waals surface area contributed by atoms with Gasteiger partial charge in [-0.05, 0) is 8.07 Å². The Morgan fingerprint density at radius 1 is 1.50 bits per heavy atom. The molecule has 56 valence electrons. The van der Waals surface area contributed by atoms with Crippen molar-refractivity contribution in [3.05, 3.63) is 23.4 Å². The van der Waals surface area contributed by atoms with Gasteiger partial charge in [0.15, 0.2) is 0 Å². The summed E-state index contributed by atoms with van der Waals surface area (Å²) in [5.74, 6) is 0. The molecule has 0 aromatic carbocycles. The van der Waals surface area contributed by atoms with Crippen molar-refractivity contribution in [1.29, 1.82) is 0 Å². The van der Waals surface area contributed by atoms with Crippen LogP contribution in [0.1, 0.15) is 7.85 Å². The first kappa shape index (κ1) is 10.6. The van der Waals surface area contributed by atoms with Gasteiger partial charge in [0.2, 0.25) is 0 Å². The summed E-state index contributed by atoms with van der Waals surface area (Å²) in [6.45, 7) is 7.09. The normalized spacial score (nSPS) is 16.5. The van der Waals surface area contributed by atoms with E-state index in [4.69, 9.17) is 0 Å². The van der Waals surface area contributed by atoms with Crippen molar-refractivity contribution in [2.75, 3.05) is 0 Å². The Hall–Kier alpha value is 0.580. The molecule has 0 aliphatic heterocycles. The van der Waals surface area contributed by atoms with Crippen molar-refractivity contribution in [1.82, 2.24) is 0 Å². The average molecular weight is 230 g/mol. The van der Waals surface area contributed by atoms with E-state index in [-0.39, 0.29) is 27.6 Å². The second-order valence-corrected chi connectivity index (χ2v) is 8.54. The molecule has 2 heteroatoms. The van der Waals surface area contributed by atoms with Crippen molar-refractivity contribution < 1.29 is 27.6 Å². The molecule has 1 rings (SSSR count). The van der Waals surface area contributed by atoms with Gasteiger partial charge in [-0.3, -0.25) is 6.08 Å². The number of rotatable bonds is 1. The number of allylic oxidation sites excluding steroid dienone is 4. The minimum absolute atomic E-state index is 0. The minimum Gasteiger partial charge on any atom is -1.00 e. The van der Waals surface area contributed by atoms with Gasteiger partial charge in [-0.1, -0.05) is 19.6 Å². The zero-order valence-electron chi connectivity index (χ0n) is 7.86. The third kappa shape index (κ3) is 2.67. The van der Waals surface area contributed by atoms with Gasteiger partial charge in [0, 0.05) is 26.2 Å². The summed E-state index contributed by atoms with van der Waals surface area (Å²) in [5.41, 5.74) is 0. The SMILES string of the molecule is C[Si](C)(C)C1=CC[C-]=C1.[H-].[Zr]. The van der Waals surface area contributed by atoms with Gasteiger partial charge in [0.05, 0.1) is 0 Å². The van der Waals surface area contributed by atoms with Crippen LogP contribution in [-0.2, 0) is 26.2 Å². The molecule has 0 radical (unpaired) electrons. The zero-order chi connectivity index (χ0) is 6.91. The van der Waals surface area contributed by atoms with Gasteiger partial charge in [0.25, 0.3) is 0 Å². The summed E-state index contributed by atoms with van der Waals surface area (Å²) >= 11 is 0. The standard InChI is InChI=1S/C8H13Si.Zr.H/c1-9(2,3)8-6-4-5-7-8;;/h6-7H,4H2,1-3H3;;/q-1;;-1. The predicted molar refractivity (Wildman–Crippen MR) is 45.0 cm³/mol. The maximum atomic E-state index is 3.20. The molecule has 0 spiro atoms. The molecule has 0 N–H and O–H groups in total. The Bertz CT molecular complexity index is 167. The van der Waals surface area contributed by atoms with E-state index in [1.54, 1.807) is 5.20 Å². The second-order valence-electron chi connectivity index (χ2n) is 3.46. The van der Waals surface area contributed by atoms with Crippen LogP contribution in [0.5, 0.6) is 0 Å². The topological polar surface area (TPSA) is 0 Å². The molecule has 0 unspecified atom stereocenters. The molecule has 0 amide bonds. The Morgan fingerprint density at radius 3 is 2.30 bits per heavy atom. The first-order valence-corrected chi connectivity index (χ1v) is 6.88. The van der Waals surface area contributed by atoms with E-state index in [2.05, 4.69) is 37.9 Å². The van der Waals surface area contributed by atoms with E-state index in [1.165, 1.54) is 0 Å². The van der Waals surface area contributed by atoms with Gasteiger partial charge < -0.3 is 1.43 Å². The summed E-state index contributed by atoms with van der Waals surface area (Å²) in [6.07, 6.45) is 8.69. The van der Waals surface area contributed by atoms with E-state index in [9.17, 15) is 0 Å². The Morgan fingerprint density at radius 2 is 2.10 bits per heavy atom. The fourth-order valence-corrected chi connectivity index (χ4v) is 2.17. The first-order chi connectivity index (χ1) is 4.11. The fraction of sp³-hybridized carbons (Fsp3) is 0.500. The molecule has 0 heterocycles. The summed E-state index contributed by atoms with van der Waals surface area (Å²) in [7, 11) is -0.981. The van der Waals surface area contributed by atoms with E-state index < -0.39 is 8.07 Å². The van der Waals surface area contributed by atoms with Gasteiger partial charge in [-0.2, -0.15) is 6.08 Å². The van der Waals surface area contributed by atoms with E-state index in [0.717, 1.165) is 6.42 Å². The van der Waals surface area contributed by atoms with Crippen LogP contribution >= 0.6 is 0 Å². The van der Waals surface area contributed by atoms with E-state index in [1.807, 2.05) is 0 Å². The van der Waals surface area contributed by atoms with E-state index in [0.29, 0.717) is 0 Å². The van der Waals surface area contributed by atoms with Crippen molar-refractivity contribution in [3.63, 3.8) is 0 Å². The molecule has 0 aromatic heterocycles. The Kier molecular flexibility index (Phi) is 4.05. The van der Waals surface area contributed by atoms with E-state index >= 15 is 0 Å². The van der Waals surface area contributed by atoms with Crippen LogP contribution < -0.4 is 0 Å². The summed E-state index contributed by atoms with van der Waals surface area (Å²) in [4.78, 5) is 0. The molecule has 10 heavy (non-hydrogen) atoms. The van der Waals surface area contributed by atoms with Gasteiger partial charge in [0.1, 0.15) is 0 Å². The maximum Gasteiger partial charge on any atom is 0 e. The van der Waals surface area contributed by atoms with Crippen LogP contribution in [0.4, 0.5) is 0 Å². The smallest absolute Gasteiger partial charge is 0 e. The van der Waals surface area contributed by atoms with Gasteiger partial charge >= 0.3 is 0 Å². The van der Waals surface area contributed by atoms with Crippen LogP contribution in [0, 0.1) is 6.08 Å². The van der Waals surface area contributed by atoms with Gasteiger partial charge in [-0.25, -0.2) is 11.3 Å². The molecule has 0 saturated carbocycles. The van der Waals surface area contributed by atoms with Crippen LogP contribution in [0.25, 0.3) is 0 Å². The fourth-order valence-electron chi connectivity index (χ4n) is 0.919. The van der Waals surface area contributed by atoms with Crippen molar-refractivity contribution in [3.8, 4) is 0 Å². The molecule has 0 atom stereocenters. The zero-order valence-corrected chi connectivity index (χ0v) is 10.3. The van der Waals surface area contributed by atoms with Crippen molar-refractivity contribution >= 4 is 8.07 Å². The predicted octanol–water partition coefficient (Wildman–Crippen LogP) is 2.66. The number of hydrogen-bond acceptors (Lipinski definition) is 0. The van der Waals surface area contributed by atoms with Crippen LogP contribution in [0.2, 0.25) is 19.6 Å². The first-order valence-electron chi connectivity index (χ1n) is 3.38. The molecule has 0 bridgehead atoms. The Balaban J connectivity index is 0. The molecule has 1 aliphatic rings. The maximum absolute atomic E-state index is 3.20. The molecule has 0 nitrogen and oxygen atoms in total. The van der Waals surface area contributed by atoms with Crippen LogP contribution in [0.3, 0.4) is 0 Å². The largest absolute Gasteiger partial charge is 1.00 e. The number of hydrogen-bond donors (Lipinski definition) is 0. The molecular weight excluding hydrogens is 215 g/mol. The molecule has 1 aliphatic carbocycles. The third-order valence-electron chi connectivity index (χ3n) is 1.56. The van der Waals surface area contributed by atoms with Crippen LogP contribution in [-0.4, -0.2) is 8.07 Å². The third-order valence-corrected chi connectivity index (χ3v) is 3.64. The van der Waals surface area contributed by atoms with Gasteiger partial charge in [-0.15, -0.1) is 6.42 Å². The monoisotopic (exact) mass is 228 g/mol. The molecule has 0 fully saturated rings. The van der Waals surface area contributed by atoms with Crippen LogP contribution in [0.15, 0.2) is 17.3 Å². The molecule has 0 saturated heterocycles. The minimum atomic E-state index is -0.981. The summed E-state index contributed by atoms with van der Waals surface area (Å²) < 4.78 is 0. The Labute approximate surface area is 85.0 Å². The average Bonchev–Trinajstić information content (AvgIpc) is 2.08. The van der Waals surface area contributed by atoms with Crippen molar-refractivity contribution in [2.45, 2.75) is 26.1 Å². The summed E-state index contributed by atoms with van der Waals surface area (Å²) in [6, 6.07) is 0. The second kappa shape index (κ2) is 3.82. The molecule has 0 aromatic rings.